The van der Waals surface area contributed by atoms with Gasteiger partial charge in [-0.15, -0.1) is 0 Å². The summed E-state index contributed by atoms with van der Waals surface area (Å²) < 4.78 is 0. The summed E-state index contributed by atoms with van der Waals surface area (Å²) in [6.45, 7) is 0. The number of benzene rings is 2. The molecule has 2 aromatic rings. The lowest BCUT2D eigenvalue weighted by atomic mass is 10.2. The predicted octanol–water partition coefficient (Wildman–Crippen LogP) is 2.43. The molecule has 21 heavy (non-hydrogen) atoms. The van der Waals surface area contributed by atoms with Crippen LogP contribution in [0.1, 0.15) is 5.56 Å². The average Bonchev–Trinajstić information content (AvgIpc) is 2.50. The Morgan fingerprint density at radius 3 is 2.33 bits per heavy atom. The summed E-state index contributed by atoms with van der Waals surface area (Å²) in [6.07, 6.45) is 1.45. The molecule has 0 fully saturated rings. The number of nitrogens with zero attached hydrogens (tertiary/aromatic N) is 1. The van der Waals surface area contributed by atoms with Gasteiger partial charge in [-0.25, -0.2) is 5.43 Å². The maximum atomic E-state index is 11.7. The van der Waals surface area contributed by atoms with Crippen molar-refractivity contribution in [3.8, 4) is 0 Å². The standard InChI is InChI=1S/C15H12ClN3O2/c16-12-8-4-5-9-13(12)18-14(20)15(21)19-17-10-11-6-2-1-3-7-11/h1-10H,(H,18,20)(H,19,21)/b17-10+. The topological polar surface area (TPSA) is 70.6 Å². The second-order valence-electron chi connectivity index (χ2n) is 4.04. The van der Waals surface area contributed by atoms with E-state index in [2.05, 4.69) is 15.8 Å². The molecule has 2 aromatic carbocycles. The van der Waals surface area contributed by atoms with E-state index in [0.717, 1.165) is 5.56 Å². The Morgan fingerprint density at radius 1 is 0.952 bits per heavy atom. The number of hydrogen-bond acceptors (Lipinski definition) is 3. The van der Waals surface area contributed by atoms with Gasteiger partial charge in [-0.1, -0.05) is 54.1 Å². The normalized spacial score (nSPS) is 10.3. The highest BCUT2D eigenvalue weighted by molar-refractivity contribution is 6.41. The molecule has 0 bridgehead atoms. The maximum Gasteiger partial charge on any atom is 0.329 e. The highest BCUT2D eigenvalue weighted by Crippen LogP contribution is 2.20. The number of carbonyl (C=O) groups is 2. The monoisotopic (exact) mass is 301 g/mol. The molecule has 2 rings (SSSR count). The Labute approximate surface area is 126 Å². The number of rotatable bonds is 3. The quantitative estimate of drug-likeness (QED) is 0.519. The van der Waals surface area contributed by atoms with E-state index in [4.69, 9.17) is 11.6 Å². The molecule has 0 heterocycles. The van der Waals surface area contributed by atoms with Crippen molar-refractivity contribution in [2.24, 2.45) is 5.10 Å². The van der Waals surface area contributed by atoms with Crippen LogP contribution in [-0.2, 0) is 9.59 Å². The Balaban J connectivity index is 1.90. The minimum atomic E-state index is -0.873. The number of carbonyl (C=O) groups excluding carboxylic acids is 2. The number of para-hydroxylation sites is 1. The Morgan fingerprint density at radius 2 is 1.62 bits per heavy atom. The van der Waals surface area contributed by atoms with Crippen LogP contribution in [0.2, 0.25) is 5.02 Å². The Kier molecular flexibility index (Phi) is 5.06. The van der Waals surface area contributed by atoms with Crippen LogP contribution in [0.25, 0.3) is 0 Å². The van der Waals surface area contributed by atoms with Gasteiger partial charge in [-0.3, -0.25) is 9.59 Å². The molecule has 0 aliphatic carbocycles. The third-order valence-electron chi connectivity index (χ3n) is 2.51. The average molecular weight is 302 g/mol. The fraction of sp³-hybridized carbons (Fsp3) is 0. The van der Waals surface area contributed by atoms with Crippen molar-refractivity contribution >= 4 is 35.3 Å². The first kappa shape index (κ1) is 14.7. The van der Waals surface area contributed by atoms with Crippen molar-refractivity contribution < 1.29 is 9.59 Å². The Bertz CT molecular complexity index is 672. The van der Waals surface area contributed by atoms with Gasteiger partial charge in [0.1, 0.15) is 0 Å². The van der Waals surface area contributed by atoms with E-state index in [9.17, 15) is 9.59 Å². The summed E-state index contributed by atoms with van der Waals surface area (Å²) in [6, 6.07) is 15.8. The minimum Gasteiger partial charge on any atom is -0.316 e. The maximum absolute atomic E-state index is 11.7. The van der Waals surface area contributed by atoms with Crippen LogP contribution >= 0.6 is 11.6 Å². The molecule has 2 N–H and O–H groups in total. The van der Waals surface area contributed by atoms with Gasteiger partial charge in [0.15, 0.2) is 0 Å². The fourth-order valence-electron chi connectivity index (χ4n) is 1.50. The molecule has 0 saturated heterocycles. The number of halogens is 1. The Hall–Kier alpha value is -2.66. The zero-order valence-electron chi connectivity index (χ0n) is 10.9. The van der Waals surface area contributed by atoms with Gasteiger partial charge in [0.2, 0.25) is 0 Å². The van der Waals surface area contributed by atoms with Crippen LogP contribution in [-0.4, -0.2) is 18.0 Å². The molecule has 0 aromatic heterocycles. The third kappa shape index (κ3) is 4.43. The third-order valence-corrected chi connectivity index (χ3v) is 2.84. The van der Waals surface area contributed by atoms with Crippen molar-refractivity contribution in [3.05, 3.63) is 65.2 Å². The second kappa shape index (κ2) is 7.21. The molecule has 0 atom stereocenters. The number of hydrogen-bond donors (Lipinski definition) is 2. The minimum absolute atomic E-state index is 0.353. The van der Waals surface area contributed by atoms with Crippen LogP contribution in [0.4, 0.5) is 5.69 Å². The van der Waals surface area contributed by atoms with E-state index in [1.54, 1.807) is 24.3 Å². The van der Waals surface area contributed by atoms with Crippen LogP contribution in [0.3, 0.4) is 0 Å². The molecular formula is C15H12ClN3O2. The second-order valence-corrected chi connectivity index (χ2v) is 4.45. The molecule has 0 aliphatic heterocycles. The number of nitrogens with one attached hydrogen (secondary N) is 2. The lowest BCUT2D eigenvalue weighted by Gasteiger charge is -2.05. The summed E-state index contributed by atoms with van der Waals surface area (Å²) in [5, 5.41) is 6.46. The van der Waals surface area contributed by atoms with Crippen molar-refractivity contribution in [1.82, 2.24) is 5.43 Å². The summed E-state index contributed by atoms with van der Waals surface area (Å²) in [5.74, 6) is -1.71. The molecule has 0 spiro atoms. The van der Waals surface area contributed by atoms with Gasteiger partial charge in [0.05, 0.1) is 16.9 Å². The zero-order valence-corrected chi connectivity index (χ0v) is 11.7. The van der Waals surface area contributed by atoms with Gasteiger partial charge in [0.25, 0.3) is 0 Å². The van der Waals surface area contributed by atoms with E-state index < -0.39 is 11.8 Å². The first-order valence-electron chi connectivity index (χ1n) is 6.11. The molecule has 0 aliphatic rings. The van der Waals surface area contributed by atoms with Gasteiger partial charge < -0.3 is 5.32 Å². The molecule has 5 nitrogen and oxygen atoms in total. The summed E-state index contributed by atoms with van der Waals surface area (Å²) in [5.41, 5.74) is 3.32. The lowest BCUT2D eigenvalue weighted by Crippen LogP contribution is -2.32. The number of amides is 2. The van der Waals surface area contributed by atoms with Crippen LogP contribution in [0.5, 0.6) is 0 Å². The van der Waals surface area contributed by atoms with Crippen molar-refractivity contribution in [3.63, 3.8) is 0 Å². The van der Waals surface area contributed by atoms with E-state index in [-0.39, 0.29) is 0 Å². The number of hydrazone groups is 1. The molecule has 0 radical (unpaired) electrons. The molecule has 6 heteroatoms. The SMILES string of the molecule is O=C(N/N=C/c1ccccc1)C(=O)Nc1ccccc1Cl. The zero-order chi connectivity index (χ0) is 15.1. The fourth-order valence-corrected chi connectivity index (χ4v) is 1.68. The van der Waals surface area contributed by atoms with E-state index in [0.29, 0.717) is 10.7 Å². The van der Waals surface area contributed by atoms with Gasteiger partial charge in [-0.2, -0.15) is 5.10 Å². The summed E-state index contributed by atoms with van der Waals surface area (Å²) in [7, 11) is 0. The van der Waals surface area contributed by atoms with Crippen LogP contribution in [0.15, 0.2) is 59.7 Å². The van der Waals surface area contributed by atoms with E-state index in [1.807, 2.05) is 30.3 Å². The summed E-state index contributed by atoms with van der Waals surface area (Å²) >= 11 is 5.88. The summed E-state index contributed by atoms with van der Waals surface area (Å²) in [4.78, 5) is 23.2. The van der Waals surface area contributed by atoms with Crippen LogP contribution < -0.4 is 10.7 Å². The van der Waals surface area contributed by atoms with Crippen molar-refractivity contribution in [2.75, 3.05) is 5.32 Å². The molecule has 0 saturated carbocycles. The van der Waals surface area contributed by atoms with E-state index >= 15 is 0 Å². The molecule has 2 amide bonds. The smallest absolute Gasteiger partial charge is 0.316 e. The number of anilines is 1. The molecular weight excluding hydrogens is 290 g/mol. The lowest BCUT2D eigenvalue weighted by molar-refractivity contribution is -0.136. The highest BCUT2D eigenvalue weighted by Gasteiger charge is 2.13. The molecule has 0 unspecified atom stereocenters. The van der Waals surface area contributed by atoms with Gasteiger partial charge in [0, 0.05) is 0 Å². The van der Waals surface area contributed by atoms with Crippen molar-refractivity contribution in [2.45, 2.75) is 0 Å². The van der Waals surface area contributed by atoms with E-state index in [1.165, 1.54) is 6.21 Å². The van der Waals surface area contributed by atoms with Gasteiger partial charge in [-0.05, 0) is 17.7 Å². The molecule has 106 valence electrons. The largest absolute Gasteiger partial charge is 0.329 e. The van der Waals surface area contributed by atoms with Gasteiger partial charge >= 0.3 is 11.8 Å². The van der Waals surface area contributed by atoms with Crippen LogP contribution in [0, 0.1) is 0 Å². The first-order chi connectivity index (χ1) is 10.2. The first-order valence-corrected chi connectivity index (χ1v) is 6.48. The highest BCUT2D eigenvalue weighted by atomic mass is 35.5. The van der Waals surface area contributed by atoms with Crippen molar-refractivity contribution in [1.29, 1.82) is 0 Å². The predicted molar refractivity (Wildman–Crippen MR) is 82.3 cm³/mol.